The summed E-state index contributed by atoms with van der Waals surface area (Å²) in [6.07, 6.45) is 6.58. The van der Waals surface area contributed by atoms with Crippen molar-refractivity contribution in [2.45, 2.75) is 44.1 Å². The summed E-state index contributed by atoms with van der Waals surface area (Å²) < 4.78 is 23.3. The lowest BCUT2D eigenvalue weighted by molar-refractivity contribution is -0.382. The Morgan fingerprint density at radius 3 is 1.88 bits per heavy atom. The second-order valence-electron chi connectivity index (χ2n) is 7.71. The lowest BCUT2D eigenvalue weighted by Crippen LogP contribution is -2.51. The van der Waals surface area contributed by atoms with Gasteiger partial charge in [0.05, 0.1) is 5.60 Å². The maximum Gasteiger partial charge on any atom is 0.527 e. The van der Waals surface area contributed by atoms with Crippen LogP contribution < -0.4 is 4.52 Å². The molecule has 1 heterocycles. The number of hydrogen-bond donors (Lipinski definition) is 1. The lowest BCUT2D eigenvalue weighted by Gasteiger charge is -2.55. The van der Waals surface area contributed by atoms with E-state index in [4.69, 9.17) is 9.05 Å². The van der Waals surface area contributed by atoms with Gasteiger partial charge in [0.2, 0.25) is 0 Å². The van der Waals surface area contributed by atoms with E-state index in [0.717, 1.165) is 32.5 Å². The zero-order valence-electron chi connectivity index (χ0n) is 14.2. The zero-order valence-corrected chi connectivity index (χ0v) is 15.1. The van der Waals surface area contributed by atoms with Crippen LogP contribution in [0.25, 0.3) is 0 Å². The minimum atomic E-state index is -4.06. The molecule has 4 aliphatic carbocycles. The highest BCUT2D eigenvalue weighted by molar-refractivity contribution is 7.47. The van der Waals surface area contributed by atoms with E-state index in [-0.39, 0.29) is 0 Å². The van der Waals surface area contributed by atoms with Gasteiger partial charge in [-0.15, -0.1) is 0 Å². The molecule has 5 fully saturated rings. The molecule has 6 nitrogen and oxygen atoms in total. The van der Waals surface area contributed by atoms with Crippen LogP contribution in [-0.2, 0) is 18.9 Å². The van der Waals surface area contributed by atoms with Crippen molar-refractivity contribution in [1.82, 2.24) is 0 Å². The largest absolute Gasteiger partial charge is 0.527 e. The van der Waals surface area contributed by atoms with E-state index in [0.29, 0.717) is 23.5 Å². The number of phosphoric acid groups is 1. The second kappa shape index (κ2) is 7.01. The molecule has 1 N–H and O–H groups in total. The van der Waals surface area contributed by atoms with Gasteiger partial charge >= 0.3 is 7.82 Å². The maximum atomic E-state index is 12.4. The van der Waals surface area contributed by atoms with Crippen LogP contribution in [0, 0.1) is 17.8 Å². The number of para-hydroxylation sites is 1. The molecular weight excluding hydrogens is 343 g/mol. The van der Waals surface area contributed by atoms with Gasteiger partial charge in [0.25, 0.3) is 0 Å². The van der Waals surface area contributed by atoms with E-state index in [9.17, 15) is 9.46 Å². The molecule has 1 aromatic rings. The fourth-order valence-electron chi connectivity index (χ4n) is 5.10. The first-order valence-electron chi connectivity index (χ1n) is 9.05. The van der Waals surface area contributed by atoms with E-state index in [1.54, 1.807) is 24.3 Å². The van der Waals surface area contributed by atoms with Gasteiger partial charge in [-0.05, 0) is 68.4 Å². The summed E-state index contributed by atoms with van der Waals surface area (Å²) in [5.41, 5.74) is -0.423. The van der Waals surface area contributed by atoms with E-state index in [1.165, 1.54) is 19.3 Å². The molecule has 1 saturated heterocycles. The van der Waals surface area contributed by atoms with Crippen molar-refractivity contribution in [3.63, 3.8) is 0 Å². The summed E-state index contributed by atoms with van der Waals surface area (Å²) in [6, 6.07) is 8.74. The molecule has 1 aromatic carbocycles. The standard InChI is InChI=1S/C16H21O4P.C2H4O2/c17-21(18,19-15-4-2-1-3-5-15)20-16-9-12-6-13(10-16)8-14(7-12)11-16;1-2-4-3-1/h1-5,12-14H,6-11H2,(H,17,18);1-2H2. The number of benzene rings is 1. The molecule has 25 heavy (non-hydrogen) atoms. The predicted octanol–water partition coefficient (Wildman–Crippen LogP) is 4.10. The average Bonchev–Trinajstić information content (AvgIpc) is 2.42. The van der Waals surface area contributed by atoms with Crippen molar-refractivity contribution < 1.29 is 28.3 Å². The van der Waals surface area contributed by atoms with Crippen LogP contribution >= 0.6 is 7.82 Å². The Morgan fingerprint density at radius 1 is 0.960 bits per heavy atom. The molecule has 1 aliphatic heterocycles. The third kappa shape index (κ3) is 4.26. The highest BCUT2D eigenvalue weighted by atomic mass is 31.2. The van der Waals surface area contributed by atoms with Crippen molar-refractivity contribution >= 4 is 7.82 Å². The SMILES string of the molecule is C1COO1.O=P(O)(Oc1ccccc1)OC12CC3CC(CC(C3)C1)C2. The third-order valence-corrected chi connectivity index (χ3v) is 6.65. The van der Waals surface area contributed by atoms with Crippen LogP contribution in [0.2, 0.25) is 0 Å². The average molecular weight is 368 g/mol. The number of hydrogen-bond acceptors (Lipinski definition) is 5. The second-order valence-corrected chi connectivity index (χ2v) is 9.01. The fraction of sp³-hybridized carbons (Fsp3) is 0.667. The summed E-state index contributed by atoms with van der Waals surface area (Å²) in [7, 11) is -4.06. The molecule has 4 saturated carbocycles. The molecule has 0 amide bonds. The van der Waals surface area contributed by atoms with Crippen molar-refractivity contribution in [3.8, 4) is 5.75 Å². The van der Waals surface area contributed by atoms with Gasteiger partial charge in [-0.25, -0.2) is 14.3 Å². The highest BCUT2D eigenvalue weighted by Gasteiger charge is 2.54. The lowest BCUT2D eigenvalue weighted by atomic mass is 9.54. The molecule has 138 valence electrons. The molecule has 4 bridgehead atoms. The fourth-order valence-corrected chi connectivity index (χ4v) is 6.24. The van der Waals surface area contributed by atoms with E-state index in [1.807, 2.05) is 6.07 Å². The molecular formula is C18H25O6P. The molecule has 5 aliphatic rings. The Labute approximate surface area is 148 Å². The predicted molar refractivity (Wildman–Crippen MR) is 90.8 cm³/mol. The topological polar surface area (TPSA) is 74.2 Å². The first kappa shape index (κ1) is 17.5. The summed E-state index contributed by atoms with van der Waals surface area (Å²) in [5, 5.41) is 0. The van der Waals surface area contributed by atoms with Gasteiger partial charge in [0, 0.05) is 0 Å². The van der Waals surface area contributed by atoms with Crippen LogP contribution in [0.1, 0.15) is 38.5 Å². The summed E-state index contributed by atoms with van der Waals surface area (Å²) in [6.45, 7) is 1.56. The highest BCUT2D eigenvalue weighted by Crippen LogP contribution is 2.62. The van der Waals surface area contributed by atoms with Crippen molar-refractivity contribution in [2.75, 3.05) is 13.2 Å². The minimum Gasteiger partial charge on any atom is -0.404 e. The molecule has 0 aromatic heterocycles. The van der Waals surface area contributed by atoms with Crippen molar-refractivity contribution in [3.05, 3.63) is 30.3 Å². The molecule has 7 heteroatoms. The van der Waals surface area contributed by atoms with Crippen molar-refractivity contribution in [2.24, 2.45) is 17.8 Å². The Hall–Kier alpha value is -0.910. The van der Waals surface area contributed by atoms with Crippen LogP contribution in [-0.4, -0.2) is 23.7 Å². The molecule has 1 unspecified atom stereocenters. The molecule has 0 spiro atoms. The van der Waals surface area contributed by atoms with Crippen molar-refractivity contribution in [1.29, 1.82) is 0 Å². The maximum absolute atomic E-state index is 12.4. The summed E-state index contributed by atoms with van der Waals surface area (Å²) in [5.74, 6) is 2.40. The molecule has 1 atom stereocenters. The first-order chi connectivity index (χ1) is 12.0. The molecule has 6 rings (SSSR count). The van der Waals surface area contributed by atoms with E-state index in [2.05, 4.69) is 9.78 Å². The number of rotatable bonds is 4. The zero-order chi connectivity index (χ0) is 17.3. The van der Waals surface area contributed by atoms with E-state index < -0.39 is 13.4 Å². The van der Waals surface area contributed by atoms with Gasteiger partial charge in [-0.3, -0.25) is 9.42 Å². The number of phosphoric ester groups is 1. The summed E-state index contributed by atoms with van der Waals surface area (Å²) >= 11 is 0. The third-order valence-electron chi connectivity index (χ3n) is 5.59. The normalized spacial score (nSPS) is 37.4. The Kier molecular flexibility index (Phi) is 4.91. The van der Waals surface area contributed by atoms with Gasteiger partial charge < -0.3 is 4.52 Å². The Bertz CT molecular complexity index is 590. The molecule has 0 radical (unpaired) electrons. The Balaban J connectivity index is 0.000000347. The quantitative estimate of drug-likeness (QED) is 0.637. The van der Waals surface area contributed by atoms with Crippen LogP contribution in [0.3, 0.4) is 0 Å². The van der Waals surface area contributed by atoms with Gasteiger partial charge in [-0.2, -0.15) is 0 Å². The van der Waals surface area contributed by atoms with Crippen LogP contribution in [0.5, 0.6) is 5.75 Å². The van der Waals surface area contributed by atoms with Crippen LogP contribution in [0.4, 0.5) is 0 Å². The van der Waals surface area contributed by atoms with E-state index >= 15 is 0 Å². The Morgan fingerprint density at radius 2 is 1.44 bits per heavy atom. The monoisotopic (exact) mass is 368 g/mol. The minimum absolute atomic E-state index is 0.382. The van der Waals surface area contributed by atoms with Gasteiger partial charge in [0.15, 0.2) is 0 Å². The summed E-state index contributed by atoms with van der Waals surface area (Å²) in [4.78, 5) is 18.6. The smallest absolute Gasteiger partial charge is 0.404 e. The first-order valence-corrected chi connectivity index (χ1v) is 10.5. The van der Waals surface area contributed by atoms with Gasteiger partial charge in [-0.1, -0.05) is 18.2 Å². The van der Waals surface area contributed by atoms with Gasteiger partial charge in [0.1, 0.15) is 19.0 Å². The van der Waals surface area contributed by atoms with Crippen LogP contribution in [0.15, 0.2) is 30.3 Å².